The highest BCUT2D eigenvalue weighted by Gasteiger charge is 2.43. The summed E-state index contributed by atoms with van der Waals surface area (Å²) >= 11 is 2.33. The number of carbonyl (C=O) groups excluding carboxylic acids is 1. The van der Waals surface area contributed by atoms with Crippen molar-refractivity contribution < 1.29 is 14.3 Å². The first-order chi connectivity index (χ1) is 5.27. The molecule has 0 spiro atoms. The van der Waals surface area contributed by atoms with Gasteiger partial charge in [-0.2, -0.15) is 0 Å². The van der Waals surface area contributed by atoms with Crippen LogP contribution >= 0.6 is 22.6 Å². The van der Waals surface area contributed by atoms with Crippen LogP contribution in [0.15, 0.2) is 0 Å². The summed E-state index contributed by atoms with van der Waals surface area (Å²) in [6, 6.07) is 0. The van der Waals surface area contributed by atoms with Crippen molar-refractivity contribution in [2.45, 2.75) is 35.4 Å². The number of rotatable bonds is 0. The Morgan fingerprint density at radius 3 is 2.91 bits per heavy atom. The van der Waals surface area contributed by atoms with E-state index in [0.717, 1.165) is 19.3 Å². The first kappa shape index (κ1) is 7.64. The minimum Gasteiger partial charge on any atom is -0.427 e. The van der Waals surface area contributed by atoms with E-state index in [4.69, 9.17) is 9.47 Å². The summed E-state index contributed by atoms with van der Waals surface area (Å²) in [4.78, 5) is 10.7. The molecule has 0 N–H and O–H groups in total. The third kappa shape index (κ3) is 1.32. The van der Waals surface area contributed by atoms with Crippen LogP contribution in [0.3, 0.4) is 0 Å². The minimum atomic E-state index is -0.483. The molecule has 0 radical (unpaired) electrons. The lowest BCUT2D eigenvalue weighted by Gasteiger charge is -2.25. The number of hydrogen-bond donors (Lipinski definition) is 0. The van der Waals surface area contributed by atoms with Crippen molar-refractivity contribution >= 4 is 28.7 Å². The summed E-state index contributed by atoms with van der Waals surface area (Å²) in [5, 5.41) is 0. The minimum absolute atomic E-state index is 0.0249. The normalized spacial score (nSPS) is 42.6. The van der Waals surface area contributed by atoms with Gasteiger partial charge in [-0.15, -0.1) is 0 Å². The Bertz CT molecular complexity index is 183. The van der Waals surface area contributed by atoms with E-state index in [1.807, 2.05) is 0 Å². The standard InChI is InChI=1S/C7H9IO3/c8-4-2-1-3-5-6(4)11-7(9)10-5/h4-6H,1-3H2/t4-,5-,6+/m0/s1. The van der Waals surface area contributed by atoms with Crippen molar-refractivity contribution in [3.8, 4) is 0 Å². The highest BCUT2D eigenvalue weighted by Crippen LogP contribution is 2.33. The zero-order valence-electron chi connectivity index (χ0n) is 5.96. The van der Waals surface area contributed by atoms with Crippen molar-refractivity contribution in [1.82, 2.24) is 0 Å². The zero-order chi connectivity index (χ0) is 7.84. The molecule has 2 rings (SSSR count). The second kappa shape index (κ2) is 2.80. The van der Waals surface area contributed by atoms with Crippen LogP contribution in [0, 0.1) is 0 Å². The highest BCUT2D eigenvalue weighted by molar-refractivity contribution is 14.1. The topological polar surface area (TPSA) is 35.5 Å². The van der Waals surface area contributed by atoms with Crippen LogP contribution in [-0.4, -0.2) is 22.3 Å². The molecule has 1 saturated carbocycles. The lowest BCUT2D eigenvalue weighted by molar-refractivity contribution is 0.115. The molecule has 0 aromatic heterocycles. The first-order valence-electron chi connectivity index (χ1n) is 3.79. The van der Waals surface area contributed by atoms with Crippen LogP contribution in [0.1, 0.15) is 19.3 Å². The highest BCUT2D eigenvalue weighted by atomic mass is 127. The molecule has 0 amide bonds. The maximum absolute atomic E-state index is 10.7. The number of fused-ring (bicyclic) bond motifs is 1. The smallest absolute Gasteiger partial charge is 0.427 e. The van der Waals surface area contributed by atoms with Gasteiger partial charge in [0.1, 0.15) is 6.10 Å². The molecule has 1 saturated heterocycles. The molecule has 62 valence electrons. The van der Waals surface area contributed by atoms with Gasteiger partial charge in [-0.25, -0.2) is 4.79 Å². The van der Waals surface area contributed by atoms with Crippen molar-refractivity contribution in [3.63, 3.8) is 0 Å². The molecule has 3 nitrogen and oxygen atoms in total. The van der Waals surface area contributed by atoms with Crippen LogP contribution in [0.25, 0.3) is 0 Å². The lowest BCUT2D eigenvalue weighted by Crippen LogP contribution is -2.35. The predicted molar refractivity (Wildman–Crippen MR) is 46.8 cm³/mol. The van der Waals surface area contributed by atoms with Gasteiger partial charge in [0, 0.05) is 0 Å². The molecule has 0 unspecified atom stereocenters. The number of hydrogen-bond acceptors (Lipinski definition) is 3. The molecule has 1 aliphatic carbocycles. The van der Waals surface area contributed by atoms with E-state index in [1.54, 1.807) is 0 Å². The Labute approximate surface area is 78.6 Å². The molecule has 1 aliphatic heterocycles. The Morgan fingerprint density at radius 1 is 1.36 bits per heavy atom. The summed E-state index contributed by atoms with van der Waals surface area (Å²) in [5.41, 5.74) is 0. The fourth-order valence-corrected chi connectivity index (χ4v) is 2.66. The quantitative estimate of drug-likeness (QED) is 0.382. The summed E-state index contributed by atoms with van der Waals surface area (Å²) in [6.45, 7) is 0. The monoisotopic (exact) mass is 268 g/mol. The van der Waals surface area contributed by atoms with Gasteiger partial charge in [-0.1, -0.05) is 22.6 Å². The molecular formula is C7H9IO3. The van der Waals surface area contributed by atoms with Gasteiger partial charge in [0.2, 0.25) is 0 Å². The van der Waals surface area contributed by atoms with Gasteiger partial charge in [0.25, 0.3) is 0 Å². The van der Waals surface area contributed by atoms with Crippen molar-refractivity contribution in [2.24, 2.45) is 0 Å². The SMILES string of the molecule is O=C1O[C@H]2[C@H](CCC[C@@H]2I)O1. The molecule has 2 aliphatic rings. The van der Waals surface area contributed by atoms with Gasteiger partial charge < -0.3 is 9.47 Å². The number of alkyl halides is 1. The molecule has 0 bridgehead atoms. The van der Waals surface area contributed by atoms with Crippen LogP contribution in [-0.2, 0) is 9.47 Å². The van der Waals surface area contributed by atoms with E-state index in [-0.39, 0.29) is 12.2 Å². The molecule has 11 heavy (non-hydrogen) atoms. The zero-order valence-corrected chi connectivity index (χ0v) is 8.11. The van der Waals surface area contributed by atoms with Crippen LogP contribution in [0.2, 0.25) is 0 Å². The van der Waals surface area contributed by atoms with Gasteiger partial charge in [-0.05, 0) is 19.3 Å². The van der Waals surface area contributed by atoms with Crippen LogP contribution in [0.5, 0.6) is 0 Å². The molecule has 1 heterocycles. The fourth-order valence-electron chi connectivity index (χ4n) is 1.61. The van der Waals surface area contributed by atoms with E-state index in [1.165, 1.54) is 0 Å². The molecule has 2 fully saturated rings. The van der Waals surface area contributed by atoms with Crippen molar-refractivity contribution in [2.75, 3.05) is 0 Å². The summed E-state index contributed by atoms with van der Waals surface area (Å²) < 4.78 is 10.4. The largest absolute Gasteiger partial charge is 0.509 e. The Balaban J connectivity index is 2.09. The predicted octanol–water partition coefficient (Wildman–Crippen LogP) is 1.88. The Kier molecular flexibility index (Phi) is 1.95. The summed E-state index contributed by atoms with van der Waals surface area (Å²) in [7, 11) is 0. The summed E-state index contributed by atoms with van der Waals surface area (Å²) in [6.07, 6.45) is 2.83. The third-order valence-corrected chi connectivity index (χ3v) is 3.50. The number of carbonyl (C=O) groups is 1. The first-order valence-corrected chi connectivity index (χ1v) is 5.03. The maximum atomic E-state index is 10.7. The average Bonchev–Trinajstić information content (AvgIpc) is 2.31. The van der Waals surface area contributed by atoms with E-state index in [9.17, 15) is 4.79 Å². The second-order valence-corrected chi connectivity index (χ2v) is 4.54. The molecule has 4 heteroatoms. The van der Waals surface area contributed by atoms with Gasteiger partial charge in [0.15, 0.2) is 6.10 Å². The number of halogens is 1. The van der Waals surface area contributed by atoms with Gasteiger partial charge in [0.05, 0.1) is 3.92 Å². The van der Waals surface area contributed by atoms with E-state index >= 15 is 0 Å². The molecule has 0 aromatic rings. The fraction of sp³-hybridized carbons (Fsp3) is 0.857. The Morgan fingerprint density at radius 2 is 2.18 bits per heavy atom. The van der Waals surface area contributed by atoms with Crippen LogP contribution in [0.4, 0.5) is 4.79 Å². The average molecular weight is 268 g/mol. The van der Waals surface area contributed by atoms with E-state index in [2.05, 4.69) is 22.6 Å². The third-order valence-electron chi connectivity index (χ3n) is 2.17. The molecule has 0 aromatic carbocycles. The van der Waals surface area contributed by atoms with E-state index < -0.39 is 6.16 Å². The van der Waals surface area contributed by atoms with Gasteiger partial charge in [-0.3, -0.25) is 0 Å². The second-order valence-electron chi connectivity index (χ2n) is 2.94. The van der Waals surface area contributed by atoms with E-state index in [0.29, 0.717) is 3.92 Å². The lowest BCUT2D eigenvalue weighted by atomic mass is 9.95. The van der Waals surface area contributed by atoms with Gasteiger partial charge >= 0.3 is 6.16 Å². The summed E-state index contributed by atoms with van der Waals surface area (Å²) in [5.74, 6) is 0. The Hall–Kier alpha value is -0.0000000000000000555. The molecule has 3 atom stereocenters. The maximum Gasteiger partial charge on any atom is 0.509 e. The van der Waals surface area contributed by atoms with Crippen molar-refractivity contribution in [3.05, 3.63) is 0 Å². The molecular weight excluding hydrogens is 259 g/mol. The van der Waals surface area contributed by atoms with Crippen LogP contribution < -0.4 is 0 Å². The van der Waals surface area contributed by atoms with Crippen molar-refractivity contribution in [1.29, 1.82) is 0 Å². The number of ether oxygens (including phenoxy) is 2.